The maximum atomic E-state index is 13.3. The molecule has 1 unspecified atom stereocenters. The average molecular weight is 487 g/mol. The number of aromatic nitrogens is 1. The summed E-state index contributed by atoms with van der Waals surface area (Å²) in [5.41, 5.74) is 2.15. The molecule has 4 rings (SSSR count). The smallest absolute Gasteiger partial charge is 0.338 e. The molecule has 8 nitrogen and oxygen atoms in total. The van der Waals surface area contributed by atoms with Crippen LogP contribution in [0.4, 0.5) is 5.69 Å². The Morgan fingerprint density at radius 3 is 2.31 bits per heavy atom. The number of ether oxygens (including phenoxy) is 2. The van der Waals surface area contributed by atoms with E-state index in [4.69, 9.17) is 9.47 Å². The summed E-state index contributed by atoms with van der Waals surface area (Å²) in [5, 5.41) is 11.2. The number of anilines is 1. The molecule has 0 radical (unpaired) electrons. The molecule has 1 aromatic heterocycles. The Morgan fingerprint density at radius 1 is 1.03 bits per heavy atom. The third-order valence-electron chi connectivity index (χ3n) is 5.80. The third kappa shape index (κ3) is 4.57. The SMILES string of the molecule is COc1ccc(/C(O)=C2/C(=O)C(=O)N(c3ccc(C(=O)OC(C)C)cc3)C2c2ccccn2)cc1C. The molecule has 184 valence electrons. The number of esters is 1. The summed E-state index contributed by atoms with van der Waals surface area (Å²) in [5.74, 6) is -1.82. The Bertz CT molecular complexity index is 1350. The molecule has 1 saturated heterocycles. The monoisotopic (exact) mass is 486 g/mol. The van der Waals surface area contributed by atoms with E-state index in [2.05, 4.69) is 4.98 Å². The number of hydrogen-bond donors (Lipinski definition) is 1. The van der Waals surface area contributed by atoms with Gasteiger partial charge in [0.2, 0.25) is 0 Å². The quantitative estimate of drug-likeness (QED) is 0.235. The minimum Gasteiger partial charge on any atom is -0.507 e. The number of aliphatic hydroxyl groups excluding tert-OH is 1. The van der Waals surface area contributed by atoms with Crippen LogP contribution in [0.15, 0.2) is 72.4 Å². The van der Waals surface area contributed by atoms with Crippen molar-refractivity contribution >= 4 is 29.1 Å². The molecule has 1 fully saturated rings. The second-order valence-corrected chi connectivity index (χ2v) is 8.61. The van der Waals surface area contributed by atoms with E-state index in [1.165, 1.54) is 17.0 Å². The molecule has 1 atom stereocenters. The number of benzene rings is 2. The normalized spacial score (nSPS) is 16.9. The fourth-order valence-electron chi connectivity index (χ4n) is 4.14. The van der Waals surface area contributed by atoms with Crippen molar-refractivity contribution in [3.8, 4) is 5.75 Å². The fraction of sp³-hybridized carbons (Fsp3) is 0.214. The first-order chi connectivity index (χ1) is 17.2. The van der Waals surface area contributed by atoms with Crippen LogP contribution in [0, 0.1) is 6.92 Å². The maximum absolute atomic E-state index is 13.3. The van der Waals surface area contributed by atoms with Gasteiger partial charge in [0.25, 0.3) is 11.7 Å². The van der Waals surface area contributed by atoms with Gasteiger partial charge in [-0.15, -0.1) is 0 Å². The van der Waals surface area contributed by atoms with Gasteiger partial charge in [0, 0.05) is 17.4 Å². The summed E-state index contributed by atoms with van der Waals surface area (Å²) >= 11 is 0. The molecule has 3 aromatic rings. The zero-order valence-corrected chi connectivity index (χ0v) is 20.4. The third-order valence-corrected chi connectivity index (χ3v) is 5.80. The van der Waals surface area contributed by atoms with E-state index in [-0.39, 0.29) is 17.4 Å². The van der Waals surface area contributed by atoms with Crippen molar-refractivity contribution in [2.75, 3.05) is 12.0 Å². The first kappa shape index (κ1) is 24.7. The number of amides is 1. The van der Waals surface area contributed by atoms with Crippen molar-refractivity contribution in [1.29, 1.82) is 0 Å². The van der Waals surface area contributed by atoms with Gasteiger partial charge in [-0.05, 0) is 80.9 Å². The highest BCUT2D eigenvalue weighted by atomic mass is 16.5. The minimum atomic E-state index is -0.970. The molecule has 36 heavy (non-hydrogen) atoms. The van der Waals surface area contributed by atoms with E-state index < -0.39 is 23.7 Å². The number of pyridine rings is 1. The molecule has 2 heterocycles. The molecule has 1 amide bonds. The molecule has 8 heteroatoms. The lowest BCUT2D eigenvalue weighted by Crippen LogP contribution is -2.29. The number of carbonyl (C=O) groups excluding carboxylic acids is 3. The van der Waals surface area contributed by atoms with E-state index in [9.17, 15) is 19.5 Å². The van der Waals surface area contributed by atoms with Gasteiger partial charge >= 0.3 is 5.97 Å². The molecular formula is C28H26N2O6. The molecular weight excluding hydrogens is 460 g/mol. The standard InChI is InChI=1S/C28H26N2O6/c1-16(2)36-28(34)18-8-11-20(12-9-18)30-24(21-7-5-6-14-29-21)23(26(32)27(30)33)25(31)19-10-13-22(35-4)17(3)15-19/h5-16,24,31H,1-4H3/b25-23-. The second-order valence-electron chi connectivity index (χ2n) is 8.61. The zero-order chi connectivity index (χ0) is 26.0. The molecule has 0 bridgehead atoms. The van der Waals surface area contributed by atoms with Gasteiger partial charge in [-0.25, -0.2) is 4.79 Å². The second kappa shape index (κ2) is 10.0. The van der Waals surface area contributed by atoms with E-state index in [1.54, 1.807) is 75.7 Å². The van der Waals surface area contributed by atoms with Crippen LogP contribution in [0.3, 0.4) is 0 Å². The topological polar surface area (TPSA) is 106 Å². The maximum Gasteiger partial charge on any atom is 0.338 e. The molecule has 1 N–H and O–H groups in total. The number of carbonyl (C=O) groups is 3. The average Bonchev–Trinajstić information content (AvgIpc) is 3.14. The highest BCUT2D eigenvalue weighted by Gasteiger charge is 2.47. The Labute approximate surface area is 208 Å². The number of methoxy groups -OCH3 is 1. The summed E-state index contributed by atoms with van der Waals surface area (Å²) < 4.78 is 10.5. The molecule has 1 aliphatic heterocycles. The summed E-state index contributed by atoms with van der Waals surface area (Å²) in [6.45, 7) is 5.32. The highest BCUT2D eigenvalue weighted by Crippen LogP contribution is 2.41. The van der Waals surface area contributed by atoms with E-state index in [1.807, 2.05) is 6.92 Å². The van der Waals surface area contributed by atoms with E-state index in [0.29, 0.717) is 28.3 Å². The zero-order valence-electron chi connectivity index (χ0n) is 20.4. The largest absolute Gasteiger partial charge is 0.507 e. The van der Waals surface area contributed by atoms with Crippen LogP contribution in [0.25, 0.3) is 5.76 Å². The fourth-order valence-corrected chi connectivity index (χ4v) is 4.14. The first-order valence-electron chi connectivity index (χ1n) is 11.4. The number of rotatable bonds is 6. The minimum absolute atomic E-state index is 0.0773. The lowest BCUT2D eigenvalue weighted by Gasteiger charge is -2.24. The molecule has 0 spiro atoms. The van der Waals surface area contributed by atoms with E-state index in [0.717, 1.165) is 5.56 Å². The lowest BCUT2D eigenvalue weighted by atomic mass is 9.97. The lowest BCUT2D eigenvalue weighted by molar-refractivity contribution is -0.132. The summed E-state index contributed by atoms with van der Waals surface area (Å²) in [6, 6.07) is 15.4. The predicted molar refractivity (Wildman–Crippen MR) is 134 cm³/mol. The Hall–Kier alpha value is -4.46. The Morgan fingerprint density at radius 2 is 1.72 bits per heavy atom. The number of nitrogens with zero attached hydrogens (tertiary/aromatic N) is 2. The Balaban J connectivity index is 1.83. The van der Waals surface area contributed by atoms with Gasteiger partial charge in [-0.2, -0.15) is 0 Å². The number of aliphatic hydroxyl groups is 1. The number of aryl methyl sites for hydroxylation is 1. The molecule has 2 aromatic carbocycles. The van der Waals surface area contributed by atoms with Crippen molar-refractivity contribution < 1.29 is 29.0 Å². The summed E-state index contributed by atoms with van der Waals surface area (Å²) in [4.78, 5) is 44.4. The van der Waals surface area contributed by atoms with Gasteiger partial charge in [-0.1, -0.05) is 6.07 Å². The van der Waals surface area contributed by atoms with Crippen molar-refractivity contribution in [2.24, 2.45) is 0 Å². The van der Waals surface area contributed by atoms with Gasteiger partial charge in [-0.3, -0.25) is 19.5 Å². The van der Waals surface area contributed by atoms with Gasteiger partial charge in [0.15, 0.2) is 0 Å². The first-order valence-corrected chi connectivity index (χ1v) is 11.4. The van der Waals surface area contributed by atoms with Gasteiger partial charge in [0.1, 0.15) is 17.6 Å². The van der Waals surface area contributed by atoms with Crippen LogP contribution in [0.2, 0.25) is 0 Å². The predicted octanol–water partition coefficient (Wildman–Crippen LogP) is 4.59. The van der Waals surface area contributed by atoms with Gasteiger partial charge in [0.05, 0.1) is 30.0 Å². The Kier molecular flexibility index (Phi) is 6.87. The van der Waals surface area contributed by atoms with Crippen LogP contribution in [-0.2, 0) is 14.3 Å². The van der Waals surface area contributed by atoms with Crippen LogP contribution >= 0.6 is 0 Å². The summed E-state index contributed by atoms with van der Waals surface area (Å²) in [7, 11) is 1.54. The molecule has 1 aliphatic rings. The van der Waals surface area contributed by atoms with Crippen LogP contribution in [0.5, 0.6) is 5.75 Å². The highest BCUT2D eigenvalue weighted by molar-refractivity contribution is 6.51. The van der Waals surface area contributed by atoms with Crippen molar-refractivity contribution in [1.82, 2.24) is 4.98 Å². The van der Waals surface area contributed by atoms with Crippen LogP contribution in [-0.4, -0.2) is 41.0 Å². The number of Topliss-reactive ketones (excluding diaryl/α,β-unsaturated/α-hetero) is 1. The number of hydrogen-bond acceptors (Lipinski definition) is 7. The van der Waals surface area contributed by atoms with E-state index >= 15 is 0 Å². The number of ketones is 1. The van der Waals surface area contributed by atoms with Crippen molar-refractivity contribution in [3.05, 3.63) is 94.8 Å². The van der Waals surface area contributed by atoms with Gasteiger partial charge < -0.3 is 14.6 Å². The van der Waals surface area contributed by atoms with Crippen molar-refractivity contribution in [2.45, 2.75) is 32.9 Å². The molecule has 0 saturated carbocycles. The van der Waals surface area contributed by atoms with Crippen molar-refractivity contribution in [3.63, 3.8) is 0 Å². The van der Waals surface area contributed by atoms with Crippen LogP contribution in [0.1, 0.15) is 47.1 Å². The van der Waals surface area contributed by atoms with Crippen LogP contribution < -0.4 is 9.64 Å². The summed E-state index contributed by atoms with van der Waals surface area (Å²) in [6.07, 6.45) is 1.28. The molecule has 0 aliphatic carbocycles.